The van der Waals surface area contributed by atoms with E-state index in [1.54, 1.807) is 18.2 Å². The minimum atomic E-state index is -4.55. The number of hydrogen-bond acceptors (Lipinski definition) is 4. The summed E-state index contributed by atoms with van der Waals surface area (Å²) < 4.78 is 37.7. The highest BCUT2D eigenvalue weighted by Crippen LogP contribution is 2.65. The summed E-state index contributed by atoms with van der Waals surface area (Å²) in [4.78, 5) is 31.1. The molecule has 1 aliphatic carbocycles. The molecule has 0 spiro atoms. The maximum absolute atomic E-state index is 13.0. The number of nitrogens with one attached hydrogen (secondary N) is 1. The zero-order valence-corrected chi connectivity index (χ0v) is 23.1. The Bertz CT molecular complexity index is 1400. The van der Waals surface area contributed by atoms with Crippen LogP contribution in [-0.4, -0.2) is 34.6 Å². The third kappa shape index (κ3) is 6.15. The number of pyridine rings is 1. The van der Waals surface area contributed by atoms with E-state index in [0.717, 1.165) is 18.3 Å². The minimum Gasteiger partial charge on any atom is -0.352 e. The molecule has 5 nitrogen and oxygen atoms in total. The number of rotatable bonds is 7. The Morgan fingerprint density at radius 3 is 2.32 bits per heavy atom. The number of benzene rings is 2. The Morgan fingerprint density at radius 2 is 1.68 bits per heavy atom. The predicted octanol–water partition coefficient (Wildman–Crippen LogP) is 7.91. The quantitative estimate of drug-likeness (QED) is 0.214. The molecule has 1 aromatic heterocycles. The van der Waals surface area contributed by atoms with Crippen LogP contribution >= 0.6 is 58.0 Å². The highest BCUT2D eigenvalue weighted by Gasteiger charge is 2.67. The number of Topliss-reactive ketones (excluding diaryl/α,β-unsaturated/α-hetero) is 1. The molecule has 0 bridgehead atoms. The Balaban J connectivity index is 1.48. The first-order valence-electron chi connectivity index (χ1n) is 10.9. The maximum atomic E-state index is 13.0. The lowest BCUT2D eigenvalue weighted by Crippen LogP contribution is -2.27. The average Bonchev–Trinajstić information content (AvgIpc) is 3.41. The van der Waals surface area contributed by atoms with E-state index in [0.29, 0.717) is 15.6 Å². The Morgan fingerprint density at radius 1 is 1.03 bits per heavy atom. The Kier molecular flexibility index (Phi) is 8.13. The first-order valence-corrected chi connectivity index (χ1v) is 12.8. The van der Waals surface area contributed by atoms with Gasteiger partial charge in [0, 0.05) is 40.5 Å². The van der Waals surface area contributed by atoms with Gasteiger partial charge < -0.3 is 10.2 Å². The van der Waals surface area contributed by atoms with Crippen molar-refractivity contribution in [3.05, 3.63) is 86.5 Å². The molecule has 1 amide bonds. The molecule has 200 valence electrons. The third-order valence-corrected chi connectivity index (χ3v) is 7.67. The fraction of sp³-hybridized carbons (Fsp3) is 0.240. The second-order valence-electron chi connectivity index (χ2n) is 8.70. The Labute approximate surface area is 240 Å². The molecule has 4 rings (SSSR count). The third-order valence-electron chi connectivity index (χ3n) is 5.96. The largest absolute Gasteiger partial charge is 0.416 e. The molecule has 38 heavy (non-hydrogen) atoms. The lowest BCUT2D eigenvalue weighted by atomic mass is 10.1. The second-order valence-corrected chi connectivity index (χ2v) is 11.4. The minimum absolute atomic E-state index is 0.0461. The van der Waals surface area contributed by atoms with Crippen molar-refractivity contribution in [2.45, 2.75) is 16.4 Å². The number of carbonyl (C=O) groups excluding carboxylic acids is 2. The van der Waals surface area contributed by atoms with Crippen LogP contribution in [0.1, 0.15) is 27.4 Å². The summed E-state index contributed by atoms with van der Waals surface area (Å²) in [7, 11) is 1.43. The van der Waals surface area contributed by atoms with E-state index in [9.17, 15) is 22.8 Å². The fourth-order valence-electron chi connectivity index (χ4n) is 4.04. The molecule has 1 N–H and O–H groups in total. The van der Waals surface area contributed by atoms with Crippen molar-refractivity contribution in [2.75, 3.05) is 23.8 Å². The van der Waals surface area contributed by atoms with Gasteiger partial charge in [0.25, 0.3) is 0 Å². The summed E-state index contributed by atoms with van der Waals surface area (Å²) in [6.07, 6.45) is -3.54. The molecule has 3 aromatic rings. The number of hydrogen-bond donors (Lipinski definition) is 1. The number of aromatic nitrogens is 1. The van der Waals surface area contributed by atoms with Gasteiger partial charge in [-0.25, -0.2) is 4.98 Å². The summed E-state index contributed by atoms with van der Waals surface area (Å²) in [5.41, 5.74) is 0.0188. The van der Waals surface area contributed by atoms with Crippen LogP contribution in [0.15, 0.2) is 54.7 Å². The first-order chi connectivity index (χ1) is 17.7. The number of amides is 1. The van der Waals surface area contributed by atoms with Crippen molar-refractivity contribution in [3.8, 4) is 0 Å². The molecule has 13 heteroatoms. The fourth-order valence-corrected chi connectivity index (χ4v) is 5.64. The van der Waals surface area contributed by atoms with Crippen LogP contribution in [0.25, 0.3) is 0 Å². The maximum Gasteiger partial charge on any atom is 0.416 e. The number of halogens is 8. The molecule has 1 fully saturated rings. The molecule has 1 heterocycles. The van der Waals surface area contributed by atoms with Crippen LogP contribution < -0.4 is 10.2 Å². The zero-order chi connectivity index (χ0) is 28.0. The van der Waals surface area contributed by atoms with Crippen LogP contribution in [0.5, 0.6) is 0 Å². The standard InChI is InChI=1S/C25H17Cl5F3N3O2/c1-36(20-8-13(4-5-34-20)25(31,32)33)11-19(37)17-10-16(2-3-18(17)28)35-23(38)22-21(24(22,29)30)12-6-14(26)9-15(27)7-12/h2-10,21-22H,11H2,1H3,(H,35,38). The average molecular weight is 626 g/mol. The van der Waals surface area contributed by atoms with Crippen molar-refractivity contribution in [1.29, 1.82) is 0 Å². The molecule has 1 aliphatic rings. The second kappa shape index (κ2) is 10.7. The van der Waals surface area contributed by atoms with Crippen molar-refractivity contribution in [2.24, 2.45) is 5.92 Å². The van der Waals surface area contributed by atoms with Crippen molar-refractivity contribution < 1.29 is 22.8 Å². The number of likely N-dealkylation sites (N-methyl/N-ethyl adjacent to an activating group) is 1. The summed E-state index contributed by atoms with van der Waals surface area (Å²) in [6.45, 7) is -0.321. The van der Waals surface area contributed by atoms with Crippen LogP contribution in [0.4, 0.5) is 24.7 Å². The van der Waals surface area contributed by atoms with Crippen molar-refractivity contribution in [3.63, 3.8) is 0 Å². The number of alkyl halides is 5. The number of anilines is 2. The SMILES string of the molecule is CN(CC(=O)c1cc(NC(=O)C2C(c3cc(Cl)cc(Cl)c3)C2(Cl)Cl)ccc1Cl)c1cc(C(F)(F)F)ccn1. The molecular formula is C25H17Cl5F3N3O2. The molecule has 0 saturated heterocycles. The van der Waals surface area contributed by atoms with Crippen molar-refractivity contribution >= 4 is 81.2 Å². The lowest BCUT2D eigenvalue weighted by Gasteiger charge is -2.19. The zero-order valence-electron chi connectivity index (χ0n) is 19.3. The van der Waals surface area contributed by atoms with E-state index in [4.69, 9.17) is 58.0 Å². The monoisotopic (exact) mass is 623 g/mol. The van der Waals surface area contributed by atoms with E-state index >= 15 is 0 Å². The van der Waals surface area contributed by atoms with Gasteiger partial charge in [0.05, 0.1) is 23.0 Å². The first kappa shape index (κ1) is 28.8. The van der Waals surface area contributed by atoms with Gasteiger partial charge in [-0.2, -0.15) is 13.2 Å². The predicted molar refractivity (Wildman–Crippen MR) is 144 cm³/mol. The van der Waals surface area contributed by atoms with Gasteiger partial charge in [-0.1, -0.05) is 34.8 Å². The van der Waals surface area contributed by atoms with Crippen molar-refractivity contribution in [1.82, 2.24) is 4.98 Å². The molecule has 2 atom stereocenters. The van der Waals surface area contributed by atoms with Gasteiger partial charge in [-0.15, -0.1) is 23.2 Å². The van der Waals surface area contributed by atoms with E-state index in [1.165, 1.54) is 30.1 Å². The summed E-state index contributed by atoms with van der Waals surface area (Å²) >= 11 is 31.1. The highest BCUT2D eigenvalue weighted by molar-refractivity contribution is 6.53. The molecule has 1 saturated carbocycles. The topological polar surface area (TPSA) is 62.3 Å². The van der Waals surface area contributed by atoms with Gasteiger partial charge >= 0.3 is 6.18 Å². The molecule has 0 radical (unpaired) electrons. The van der Waals surface area contributed by atoms with Crippen LogP contribution in [0.3, 0.4) is 0 Å². The summed E-state index contributed by atoms with van der Waals surface area (Å²) in [5, 5.41) is 3.52. The van der Waals surface area contributed by atoms with E-state index in [-0.39, 0.29) is 28.6 Å². The van der Waals surface area contributed by atoms with Crippen LogP contribution in [0, 0.1) is 5.92 Å². The van der Waals surface area contributed by atoms with Crippen LogP contribution in [-0.2, 0) is 11.0 Å². The van der Waals surface area contributed by atoms with E-state index in [2.05, 4.69) is 10.3 Å². The van der Waals surface area contributed by atoms with Gasteiger partial charge in [-0.3, -0.25) is 9.59 Å². The molecule has 2 aromatic carbocycles. The highest BCUT2D eigenvalue weighted by atomic mass is 35.5. The molecule has 2 unspecified atom stereocenters. The number of nitrogens with zero attached hydrogens (tertiary/aromatic N) is 2. The molecular weight excluding hydrogens is 609 g/mol. The number of carbonyl (C=O) groups is 2. The van der Waals surface area contributed by atoms with Crippen LogP contribution in [0.2, 0.25) is 15.1 Å². The Hall–Kier alpha value is -2.23. The van der Waals surface area contributed by atoms with Gasteiger partial charge in [-0.05, 0) is 54.1 Å². The van der Waals surface area contributed by atoms with Gasteiger partial charge in [0.2, 0.25) is 5.91 Å². The number of ketones is 1. The summed E-state index contributed by atoms with van der Waals surface area (Å²) in [5.74, 6) is -2.44. The molecule has 0 aliphatic heterocycles. The summed E-state index contributed by atoms with van der Waals surface area (Å²) in [6, 6.07) is 10.8. The van der Waals surface area contributed by atoms with Gasteiger partial charge in [0.15, 0.2) is 5.78 Å². The van der Waals surface area contributed by atoms with E-state index in [1.807, 2.05) is 0 Å². The lowest BCUT2D eigenvalue weighted by molar-refractivity contribution is -0.137. The van der Waals surface area contributed by atoms with E-state index < -0.39 is 39.6 Å². The normalized spacial score (nSPS) is 18.1. The smallest absolute Gasteiger partial charge is 0.352 e. The van der Waals surface area contributed by atoms with Gasteiger partial charge in [0.1, 0.15) is 10.2 Å².